The summed E-state index contributed by atoms with van der Waals surface area (Å²) in [5.74, 6) is 0.201. The number of hydrogen-bond acceptors (Lipinski definition) is 4. The number of aromatic hydroxyl groups is 1. The molecule has 5 nitrogen and oxygen atoms in total. The fourth-order valence-electron chi connectivity index (χ4n) is 2.46. The van der Waals surface area contributed by atoms with Gasteiger partial charge in [-0.05, 0) is 41.5 Å². The number of hydrogen-bond donors (Lipinski definition) is 2. The molecule has 2 N–H and O–H groups in total. The minimum absolute atomic E-state index is 0.0436. The second-order valence-corrected chi connectivity index (χ2v) is 7.59. The minimum Gasteiger partial charge on any atom is -0.506 e. The van der Waals surface area contributed by atoms with E-state index >= 15 is 0 Å². The van der Waals surface area contributed by atoms with Crippen molar-refractivity contribution in [2.75, 3.05) is 11.8 Å². The van der Waals surface area contributed by atoms with E-state index in [2.05, 4.69) is 4.72 Å². The summed E-state index contributed by atoms with van der Waals surface area (Å²) in [6, 6.07) is 18.5. The summed E-state index contributed by atoms with van der Waals surface area (Å²) in [6.45, 7) is 0. The van der Waals surface area contributed by atoms with Crippen LogP contribution in [0.4, 0.5) is 5.69 Å². The smallest absolute Gasteiger partial charge is 0.262 e. The molecule has 0 aliphatic heterocycles. The van der Waals surface area contributed by atoms with Crippen molar-refractivity contribution >= 4 is 27.3 Å². The van der Waals surface area contributed by atoms with Gasteiger partial charge >= 0.3 is 0 Å². The van der Waals surface area contributed by atoms with Crippen molar-refractivity contribution in [1.82, 2.24) is 0 Å². The third kappa shape index (κ3) is 3.76. The summed E-state index contributed by atoms with van der Waals surface area (Å²) in [5.41, 5.74) is 2.09. The van der Waals surface area contributed by atoms with Crippen molar-refractivity contribution in [2.24, 2.45) is 0 Å². The molecule has 0 saturated heterocycles. The number of anilines is 1. The highest BCUT2D eigenvalue weighted by atomic mass is 35.5. The lowest BCUT2D eigenvalue weighted by Gasteiger charge is -2.14. The first-order valence-corrected chi connectivity index (χ1v) is 9.51. The van der Waals surface area contributed by atoms with E-state index in [1.807, 2.05) is 36.4 Å². The molecule has 0 aliphatic rings. The van der Waals surface area contributed by atoms with E-state index in [-0.39, 0.29) is 15.7 Å². The third-order valence-corrected chi connectivity index (χ3v) is 5.45. The van der Waals surface area contributed by atoms with Gasteiger partial charge in [0.2, 0.25) is 0 Å². The van der Waals surface area contributed by atoms with E-state index in [1.165, 1.54) is 25.3 Å². The Morgan fingerprint density at radius 3 is 2.35 bits per heavy atom. The van der Waals surface area contributed by atoms with Gasteiger partial charge in [0.1, 0.15) is 11.5 Å². The number of phenols is 1. The molecule has 0 unspecified atom stereocenters. The van der Waals surface area contributed by atoms with E-state index in [4.69, 9.17) is 16.3 Å². The molecule has 26 heavy (non-hydrogen) atoms. The Morgan fingerprint density at radius 2 is 1.69 bits per heavy atom. The van der Waals surface area contributed by atoms with Crippen LogP contribution in [0.25, 0.3) is 11.1 Å². The van der Waals surface area contributed by atoms with Gasteiger partial charge in [-0.3, -0.25) is 4.72 Å². The van der Waals surface area contributed by atoms with Crippen molar-refractivity contribution in [3.63, 3.8) is 0 Å². The first-order chi connectivity index (χ1) is 12.4. The maximum absolute atomic E-state index is 12.7. The molecule has 0 amide bonds. The maximum atomic E-state index is 12.7. The van der Waals surface area contributed by atoms with Gasteiger partial charge in [0, 0.05) is 0 Å². The van der Waals surface area contributed by atoms with Gasteiger partial charge in [0.15, 0.2) is 0 Å². The predicted molar refractivity (Wildman–Crippen MR) is 102 cm³/mol. The number of sulfonamides is 1. The molecule has 0 aromatic heterocycles. The Hall–Kier alpha value is -2.70. The van der Waals surface area contributed by atoms with Crippen molar-refractivity contribution < 1.29 is 18.3 Å². The average molecular weight is 390 g/mol. The maximum Gasteiger partial charge on any atom is 0.262 e. The monoisotopic (exact) mass is 389 g/mol. The summed E-state index contributed by atoms with van der Waals surface area (Å²) in [6.07, 6.45) is 0. The Labute approximate surface area is 156 Å². The lowest BCUT2D eigenvalue weighted by molar-refractivity contribution is 0.417. The van der Waals surface area contributed by atoms with Gasteiger partial charge in [-0.15, -0.1) is 0 Å². The molecule has 0 radical (unpaired) electrons. The number of ether oxygens (including phenoxy) is 1. The Kier molecular flexibility index (Phi) is 5.06. The molecule has 0 atom stereocenters. The lowest BCUT2D eigenvalue weighted by atomic mass is 10.1. The fraction of sp³-hybridized carbons (Fsp3) is 0.0526. The van der Waals surface area contributed by atoms with Gasteiger partial charge in [0.25, 0.3) is 10.0 Å². The molecule has 0 saturated carbocycles. The SMILES string of the molecule is COc1ccc(-c2ccccc2)cc1NS(=O)(=O)c1ccc(O)c(Cl)c1. The van der Waals surface area contributed by atoms with Crippen molar-refractivity contribution in [1.29, 1.82) is 0 Å². The number of nitrogens with one attached hydrogen (secondary N) is 1. The van der Waals surface area contributed by atoms with Crippen LogP contribution in [0, 0.1) is 0 Å². The Balaban J connectivity index is 2.01. The predicted octanol–water partition coefficient (Wildman–Crippen LogP) is 4.52. The van der Waals surface area contributed by atoms with E-state index in [1.54, 1.807) is 12.1 Å². The second kappa shape index (κ2) is 7.27. The molecule has 3 aromatic carbocycles. The van der Waals surface area contributed by atoms with Crippen LogP contribution in [0.1, 0.15) is 0 Å². The summed E-state index contributed by atoms with van der Waals surface area (Å²) in [7, 11) is -2.44. The minimum atomic E-state index is -3.91. The van der Waals surface area contributed by atoms with Gasteiger partial charge in [-0.2, -0.15) is 0 Å². The van der Waals surface area contributed by atoms with Gasteiger partial charge in [-0.25, -0.2) is 8.42 Å². The quantitative estimate of drug-likeness (QED) is 0.672. The normalized spacial score (nSPS) is 11.2. The first kappa shape index (κ1) is 18.1. The zero-order chi connectivity index (χ0) is 18.7. The zero-order valence-corrected chi connectivity index (χ0v) is 15.4. The van der Waals surface area contributed by atoms with Crippen LogP contribution >= 0.6 is 11.6 Å². The lowest BCUT2D eigenvalue weighted by Crippen LogP contribution is -2.13. The van der Waals surface area contributed by atoms with Crippen molar-refractivity contribution in [2.45, 2.75) is 4.90 Å². The van der Waals surface area contributed by atoms with E-state index in [0.717, 1.165) is 11.1 Å². The van der Waals surface area contributed by atoms with E-state index < -0.39 is 10.0 Å². The van der Waals surface area contributed by atoms with Crippen LogP contribution < -0.4 is 9.46 Å². The van der Waals surface area contributed by atoms with E-state index in [9.17, 15) is 13.5 Å². The average Bonchev–Trinajstić information content (AvgIpc) is 2.64. The number of rotatable bonds is 5. The topological polar surface area (TPSA) is 75.6 Å². The highest BCUT2D eigenvalue weighted by Crippen LogP contribution is 2.33. The number of benzene rings is 3. The van der Waals surface area contributed by atoms with E-state index in [0.29, 0.717) is 11.4 Å². The van der Waals surface area contributed by atoms with Gasteiger partial charge in [0.05, 0.1) is 22.7 Å². The Morgan fingerprint density at radius 1 is 0.962 bits per heavy atom. The molecule has 3 rings (SSSR count). The molecule has 134 valence electrons. The van der Waals surface area contributed by atoms with Crippen molar-refractivity contribution in [3.05, 3.63) is 71.8 Å². The summed E-state index contributed by atoms with van der Waals surface area (Å²) in [5, 5.41) is 9.43. The first-order valence-electron chi connectivity index (χ1n) is 7.65. The molecule has 0 heterocycles. The van der Waals surface area contributed by atoms with Crippen molar-refractivity contribution in [3.8, 4) is 22.6 Å². The summed E-state index contributed by atoms with van der Waals surface area (Å²) >= 11 is 5.82. The third-order valence-electron chi connectivity index (χ3n) is 3.78. The van der Waals surface area contributed by atoms with Crippen LogP contribution in [-0.2, 0) is 10.0 Å². The highest BCUT2D eigenvalue weighted by molar-refractivity contribution is 7.92. The highest BCUT2D eigenvalue weighted by Gasteiger charge is 2.18. The standard InChI is InChI=1S/C19H16ClNO4S/c1-25-19-10-7-14(13-5-3-2-4-6-13)11-17(19)21-26(23,24)15-8-9-18(22)16(20)12-15/h2-12,21-22H,1H3. The fourth-order valence-corrected chi connectivity index (χ4v) is 3.79. The Bertz CT molecular complexity index is 1040. The molecule has 0 fully saturated rings. The molecule has 3 aromatic rings. The molecule has 0 spiro atoms. The second-order valence-electron chi connectivity index (χ2n) is 5.50. The molecular formula is C19H16ClNO4S. The van der Waals surface area contributed by atoms with Crippen LogP contribution in [-0.4, -0.2) is 20.6 Å². The van der Waals surface area contributed by atoms with Crippen LogP contribution in [0.5, 0.6) is 11.5 Å². The molecule has 0 bridgehead atoms. The van der Waals surface area contributed by atoms with Gasteiger partial charge < -0.3 is 9.84 Å². The summed E-state index contributed by atoms with van der Waals surface area (Å²) in [4.78, 5) is -0.0625. The molecule has 0 aliphatic carbocycles. The van der Waals surface area contributed by atoms with Crippen LogP contribution in [0.15, 0.2) is 71.6 Å². The largest absolute Gasteiger partial charge is 0.506 e. The van der Waals surface area contributed by atoms with Crippen LogP contribution in [0.3, 0.4) is 0 Å². The number of methoxy groups -OCH3 is 1. The molecule has 7 heteroatoms. The summed E-state index contributed by atoms with van der Waals surface area (Å²) < 4.78 is 33.1. The molecular weight excluding hydrogens is 374 g/mol. The zero-order valence-electron chi connectivity index (χ0n) is 13.8. The number of halogens is 1. The number of phenolic OH excluding ortho intramolecular Hbond substituents is 1. The van der Waals surface area contributed by atoms with Gasteiger partial charge in [-0.1, -0.05) is 48.0 Å². The van der Waals surface area contributed by atoms with Crippen LogP contribution in [0.2, 0.25) is 5.02 Å².